The molecule has 0 fully saturated rings. The molecule has 2 aromatic heterocycles. The van der Waals surface area contributed by atoms with E-state index in [0.29, 0.717) is 18.9 Å². The van der Waals surface area contributed by atoms with Crippen molar-refractivity contribution in [3.63, 3.8) is 0 Å². The molecular formula is C20H21N5O2. The summed E-state index contributed by atoms with van der Waals surface area (Å²) in [6.07, 6.45) is 2.94. The number of para-hydroxylation sites is 1. The van der Waals surface area contributed by atoms with E-state index >= 15 is 0 Å². The molecule has 1 aliphatic rings. The van der Waals surface area contributed by atoms with Crippen molar-refractivity contribution in [2.24, 2.45) is 0 Å². The molecule has 0 unspecified atom stereocenters. The molecule has 0 spiro atoms. The number of ether oxygens (including phenoxy) is 1. The minimum atomic E-state index is -0.532. The Morgan fingerprint density at radius 2 is 1.96 bits per heavy atom. The highest BCUT2D eigenvalue weighted by Gasteiger charge is 2.30. The smallest absolute Gasteiger partial charge is 0.410 e. The number of anilines is 2. The molecule has 0 atom stereocenters. The first kappa shape index (κ1) is 17.2. The summed E-state index contributed by atoms with van der Waals surface area (Å²) in [4.78, 5) is 27.2. The third-order valence-electron chi connectivity index (χ3n) is 4.23. The molecule has 0 saturated carbocycles. The zero-order valence-corrected chi connectivity index (χ0v) is 15.6. The highest BCUT2D eigenvalue weighted by molar-refractivity contribution is 5.82. The lowest BCUT2D eigenvalue weighted by Crippen LogP contribution is -2.33. The number of rotatable bonds is 2. The Morgan fingerprint density at radius 1 is 1.15 bits per heavy atom. The fraction of sp³-hybridized carbons (Fsp3) is 0.300. The number of pyridine rings is 1. The molecule has 27 heavy (non-hydrogen) atoms. The summed E-state index contributed by atoms with van der Waals surface area (Å²) in [5, 5.41) is 4.36. The fourth-order valence-electron chi connectivity index (χ4n) is 3.02. The topological polar surface area (TPSA) is 80.2 Å². The van der Waals surface area contributed by atoms with E-state index in [1.54, 1.807) is 11.1 Å². The number of hydrogen-bond acceptors (Lipinski definition) is 6. The van der Waals surface area contributed by atoms with Crippen LogP contribution in [0.4, 0.5) is 16.3 Å². The molecule has 3 heterocycles. The van der Waals surface area contributed by atoms with Gasteiger partial charge in [0.2, 0.25) is 0 Å². The lowest BCUT2D eigenvalue weighted by Gasteiger charge is -2.24. The standard InChI is InChI=1S/C20H21N5O2/c1-20(2,3)27-19(26)25-10-15-17(11-25)22-12-23-18(15)24-14-8-13-6-4-5-7-16(13)21-9-14/h4-9,12H,10-11H2,1-3H3,(H,22,23,24). The van der Waals surface area contributed by atoms with Crippen LogP contribution in [0, 0.1) is 0 Å². The lowest BCUT2D eigenvalue weighted by atomic mass is 10.2. The van der Waals surface area contributed by atoms with Crippen LogP contribution in [-0.2, 0) is 17.8 Å². The van der Waals surface area contributed by atoms with Crippen molar-refractivity contribution in [1.29, 1.82) is 0 Å². The summed E-state index contributed by atoms with van der Waals surface area (Å²) in [7, 11) is 0. The van der Waals surface area contributed by atoms with E-state index in [9.17, 15) is 4.79 Å². The highest BCUT2D eigenvalue weighted by atomic mass is 16.6. The second-order valence-electron chi connectivity index (χ2n) is 7.53. The maximum absolute atomic E-state index is 12.4. The zero-order chi connectivity index (χ0) is 19.0. The van der Waals surface area contributed by atoms with Crippen LogP contribution in [0.1, 0.15) is 32.0 Å². The third-order valence-corrected chi connectivity index (χ3v) is 4.23. The minimum Gasteiger partial charge on any atom is -0.444 e. The monoisotopic (exact) mass is 363 g/mol. The molecular weight excluding hydrogens is 342 g/mol. The van der Waals surface area contributed by atoms with Crippen LogP contribution in [0.2, 0.25) is 0 Å². The van der Waals surface area contributed by atoms with Gasteiger partial charge < -0.3 is 10.1 Å². The van der Waals surface area contributed by atoms with Gasteiger partial charge in [-0.2, -0.15) is 0 Å². The molecule has 1 aromatic carbocycles. The minimum absolute atomic E-state index is 0.348. The maximum Gasteiger partial charge on any atom is 0.410 e. The van der Waals surface area contributed by atoms with Gasteiger partial charge in [-0.15, -0.1) is 0 Å². The average molecular weight is 363 g/mol. The van der Waals surface area contributed by atoms with E-state index in [0.717, 1.165) is 27.8 Å². The summed E-state index contributed by atoms with van der Waals surface area (Å²) in [5.74, 6) is 0.683. The predicted octanol–water partition coefficient (Wildman–Crippen LogP) is 4.02. The molecule has 1 aliphatic heterocycles. The Morgan fingerprint density at radius 3 is 2.78 bits per heavy atom. The van der Waals surface area contributed by atoms with Crippen molar-refractivity contribution in [2.45, 2.75) is 39.5 Å². The number of fused-ring (bicyclic) bond motifs is 2. The SMILES string of the molecule is CC(C)(C)OC(=O)N1Cc2ncnc(Nc3cnc4ccccc4c3)c2C1. The number of benzene rings is 1. The van der Waals surface area contributed by atoms with E-state index < -0.39 is 5.60 Å². The van der Waals surface area contributed by atoms with Crippen LogP contribution in [0.15, 0.2) is 42.9 Å². The normalized spacial score (nSPS) is 13.5. The maximum atomic E-state index is 12.4. The number of amides is 1. The largest absolute Gasteiger partial charge is 0.444 e. The molecule has 3 aromatic rings. The zero-order valence-electron chi connectivity index (χ0n) is 15.6. The summed E-state index contributed by atoms with van der Waals surface area (Å²) >= 11 is 0. The predicted molar refractivity (Wildman–Crippen MR) is 103 cm³/mol. The van der Waals surface area contributed by atoms with Gasteiger partial charge in [0.1, 0.15) is 17.7 Å². The molecule has 7 nitrogen and oxygen atoms in total. The van der Waals surface area contributed by atoms with Crippen molar-refractivity contribution < 1.29 is 9.53 Å². The van der Waals surface area contributed by atoms with Gasteiger partial charge in [0.05, 0.1) is 36.2 Å². The van der Waals surface area contributed by atoms with E-state index in [4.69, 9.17) is 4.74 Å². The number of nitrogens with one attached hydrogen (secondary N) is 1. The van der Waals surface area contributed by atoms with Crippen molar-refractivity contribution in [1.82, 2.24) is 19.9 Å². The van der Waals surface area contributed by atoms with Crippen LogP contribution in [0.5, 0.6) is 0 Å². The van der Waals surface area contributed by atoms with Crippen molar-refractivity contribution in [2.75, 3.05) is 5.32 Å². The van der Waals surface area contributed by atoms with Crippen molar-refractivity contribution in [3.8, 4) is 0 Å². The molecule has 1 amide bonds. The van der Waals surface area contributed by atoms with Crippen LogP contribution in [0.3, 0.4) is 0 Å². The summed E-state index contributed by atoms with van der Waals surface area (Å²) in [6.45, 7) is 6.39. The molecule has 7 heteroatoms. The average Bonchev–Trinajstić information content (AvgIpc) is 3.06. The van der Waals surface area contributed by atoms with Crippen LogP contribution in [0.25, 0.3) is 10.9 Å². The fourth-order valence-corrected chi connectivity index (χ4v) is 3.02. The van der Waals surface area contributed by atoms with Crippen LogP contribution in [-0.4, -0.2) is 31.5 Å². The molecule has 1 N–H and O–H groups in total. The molecule has 4 rings (SSSR count). The molecule has 0 bridgehead atoms. The second-order valence-corrected chi connectivity index (χ2v) is 7.53. The first-order valence-corrected chi connectivity index (χ1v) is 8.81. The quantitative estimate of drug-likeness (QED) is 0.741. The molecule has 0 saturated heterocycles. The van der Waals surface area contributed by atoms with E-state index in [-0.39, 0.29) is 6.09 Å². The first-order valence-electron chi connectivity index (χ1n) is 8.81. The summed E-state index contributed by atoms with van der Waals surface area (Å²) in [5.41, 5.74) is 2.97. The Labute approximate surface area is 157 Å². The van der Waals surface area contributed by atoms with Gasteiger partial charge in [-0.25, -0.2) is 14.8 Å². The van der Waals surface area contributed by atoms with Gasteiger partial charge in [0.25, 0.3) is 0 Å². The Kier molecular flexibility index (Phi) is 4.14. The molecule has 0 radical (unpaired) electrons. The van der Waals surface area contributed by atoms with Crippen molar-refractivity contribution >= 4 is 28.5 Å². The van der Waals surface area contributed by atoms with E-state index in [2.05, 4.69) is 20.3 Å². The van der Waals surface area contributed by atoms with E-state index in [1.807, 2.05) is 51.1 Å². The van der Waals surface area contributed by atoms with E-state index in [1.165, 1.54) is 6.33 Å². The van der Waals surface area contributed by atoms with Gasteiger partial charge >= 0.3 is 6.09 Å². The number of aromatic nitrogens is 3. The van der Waals surface area contributed by atoms with Gasteiger partial charge in [-0.3, -0.25) is 9.88 Å². The number of nitrogens with zero attached hydrogens (tertiary/aromatic N) is 4. The van der Waals surface area contributed by atoms with Gasteiger partial charge in [0.15, 0.2) is 0 Å². The van der Waals surface area contributed by atoms with Crippen molar-refractivity contribution in [3.05, 3.63) is 54.1 Å². The Balaban J connectivity index is 1.56. The van der Waals surface area contributed by atoms with Crippen LogP contribution < -0.4 is 5.32 Å². The number of carbonyl (C=O) groups excluding carboxylic acids is 1. The Hall–Kier alpha value is -3.22. The summed E-state index contributed by atoms with van der Waals surface area (Å²) < 4.78 is 5.47. The van der Waals surface area contributed by atoms with Gasteiger partial charge in [0, 0.05) is 10.9 Å². The van der Waals surface area contributed by atoms with Gasteiger partial charge in [-0.1, -0.05) is 18.2 Å². The lowest BCUT2D eigenvalue weighted by molar-refractivity contribution is 0.0241. The second kappa shape index (κ2) is 6.50. The third kappa shape index (κ3) is 3.67. The van der Waals surface area contributed by atoms with Crippen LogP contribution >= 0.6 is 0 Å². The first-order chi connectivity index (χ1) is 12.9. The molecule has 138 valence electrons. The number of carbonyl (C=O) groups is 1. The molecule has 0 aliphatic carbocycles. The number of hydrogen-bond donors (Lipinski definition) is 1. The highest BCUT2D eigenvalue weighted by Crippen LogP contribution is 2.29. The Bertz CT molecular complexity index is 1010. The summed E-state index contributed by atoms with van der Waals surface area (Å²) in [6, 6.07) is 9.96. The van der Waals surface area contributed by atoms with Gasteiger partial charge in [-0.05, 0) is 32.9 Å².